The maximum absolute atomic E-state index is 10.8. The van der Waals surface area contributed by atoms with E-state index in [4.69, 9.17) is 0 Å². The van der Waals surface area contributed by atoms with Crippen LogP contribution >= 0.6 is 11.3 Å². The lowest BCUT2D eigenvalue weighted by atomic mass is 10.0. The van der Waals surface area contributed by atoms with Gasteiger partial charge in [-0.3, -0.25) is 4.21 Å². The number of hydrogen-bond donors (Lipinski definition) is 1. The van der Waals surface area contributed by atoms with Gasteiger partial charge in [-0.2, -0.15) is 11.3 Å². The van der Waals surface area contributed by atoms with Crippen LogP contribution in [-0.2, 0) is 17.7 Å². The Balaban J connectivity index is 2.14. The van der Waals surface area contributed by atoms with E-state index >= 15 is 0 Å². The summed E-state index contributed by atoms with van der Waals surface area (Å²) in [4.78, 5) is 0. The molecule has 2 rings (SSSR count). The molecule has 1 heterocycles. The van der Waals surface area contributed by atoms with Gasteiger partial charge in [-0.25, -0.2) is 4.72 Å². The molecular weight excluding hydrogens is 254 g/mol. The number of thiophene rings is 1. The van der Waals surface area contributed by atoms with Crippen LogP contribution in [-0.4, -0.2) is 8.76 Å². The highest BCUT2D eigenvalue weighted by molar-refractivity contribution is 7.77. The van der Waals surface area contributed by atoms with Crippen LogP contribution < -0.4 is 4.72 Å². The fourth-order valence-electron chi connectivity index (χ4n) is 1.67. The molecule has 0 amide bonds. The Hall–Kier alpha value is -1.01. The first kappa shape index (κ1) is 12.4. The second kappa shape index (κ2) is 6.07. The minimum absolute atomic E-state index is 0.193. The molecule has 1 N–H and O–H groups in total. The largest absolute Gasteiger partial charge is 0.760 e. The molecule has 0 spiro atoms. The van der Waals surface area contributed by atoms with E-state index in [2.05, 4.69) is 4.72 Å². The third-order valence-electron chi connectivity index (χ3n) is 2.47. The molecule has 2 aromatic rings. The van der Waals surface area contributed by atoms with E-state index in [0.717, 1.165) is 11.1 Å². The molecule has 3 nitrogen and oxygen atoms in total. The third kappa shape index (κ3) is 3.74. The quantitative estimate of drug-likeness (QED) is 0.845. The molecule has 90 valence electrons. The first-order valence-electron chi connectivity index (χ1n) is 5.17. The minimum Gasteiger partial charge on any atom is -0.760 e. The highest BCUT2D eigenvalue weighted by Gasteiger charge is 2.12. The van der Waals surface area contributed by atoms with Crippen molar-refractivity contribution in [2.75, 3.05) is 0 Å². The van der Waals surface area contributed by atoms with Crippen molar-refractivity contribution in [2.45, 2.75) is 12.5 Å². The summed E-state index contributed by atoms with van der Waals surface area (Å²) >= 11 is -0.685. The average Bonchev–Trinajstić information content (AvgIpc) is 2.82. The summed E-state index contributed by atoms with van der Waals surface area (Å²) in [7, 11) is 0. The van der Waals surface area contributed by atoms with E-state index in [0.29, 0.717) is 6.42 Å². The van der Waals surface area contributed by atoms with Gasteiger partial charge in [0.05, 0.1) is 0 Å². The lowest BCUT2D eigenvalue weighted by Gasteiger charge is -2.19. The van der Waals surface area contributed by atoms with Crippen LogP contribution in [0, 0.1) is 0 Å². The molecule has 1 aromatic carbocycles. The van der Waals surface area contributed by atoms with E-state index in [1.807, 2.05) is 47.2 Å². The zero-order chi connectivity index (χ0) is 12.1. The van der Waals surface area contributed by atoms with Crippen LogP contribution in [0.5, 0.6) is 0 Å². The highest BCUT2D eigenvalue weighted by atomic mass is 32.2. The number of benzene rings is 1. The summed E-state index contributed by atoms with van der Waals surface area (Å²) in [5, 5.41) is 3.91. The fourth-order valence-corrected chi connectivity index (χ4v) is 2.83. The molecule has 0 aliphatic carbocycles. The van der Waals surface area contributed by atoms with Crippen molar-refractivity contribution in [3.8, 4) is 0 Å². The fraction of sp³-hybridized carbons (Fsp3) is 0.167. The molecule has 1 aromatic heterocycles. The van der Waals surface area contributed by atoms with Crippen LogP contribution in [0.4, 0.5) is 0 Å². The van der Waals surface area contributed by atoms with Gasteiger partial charge in [0, 0.05) is 17.3 Å². The van der Waals surface area contributed by atoms with Crippen molar-refractivity contribution in [1.82, 2.24) is 4.72 Å². The Bertz CT molecular complexity index is 471. The van der Waals surface area contributed by atoms with Crippen molar-refractivity contribution in [2.24, 2.45) is 0 Å². The Kier molecular flexibility index (Phi) is 4.44. The van der Waals surface area contributed by atoms with Gasteiger partial charge in [-0.1, -0.05) is 30.3 Å². The van der Waals surface area contributed by atoms with Gasteiger partial charge in [-0.05, 0) is 34.4 Å². The van der Waals surface area contributed by atoms with Gasteiger partial charge in [0.15, 0.2) is 0 Å². The molecule has 17 heavy (non-hydrogen) atoms. The van der Waals surface area contributed by atoms with E-state index < -0.39 is 11.3 Å². The monoisotopic (exact) mass is 266 g/mol. The Morgan fingerprint density at radius 3 is 2.65 bits per heavy atom. The van der Waals surface area contributed by atoms with Gasteiger partial charge < -0.3 is 4.55 Å². The smallest absolute Gasteiger partial charge is 0.0482 e. The normalized spacial score (nSPS) is 14.4. The molecule has 5 heteroatoms. The number of nitrogens with one attached hydrogen (secondary N) is 1. The minimum atomic E-state index is -2.25. The molecular formula is C12H12NO2S2-. The van der Waals surface area contributed by atoms with Gasteiger partial charge >= 0.3 is 0 Å². The maximum Gasteiger partial charge on any atom is 0.0482 e. The summed E-state index contributed by atoms with van der Waals surface area (Å²) in [6.45, 7) is 0. The Labute approximate surface area is 107 Å². The summed E-state index contributed by atoms with van der Waals surface area (Å²) in [5.41, 5.74) is 2.12. The van der Waals surface area contributed by atoms with Crippen LogP contribution in [0.2, 0.25) is 0 Å². The van der Waals surface area contributed by atoms with Gasteiger partial charge in [0.2, 0.25) is 0 Å². The summed E-state index contributed by atoms with van der Waals surface area (Å²) in [6.07, 6.45) is 0.658. The van der Waals surface area contributed by atoms with Crippen molar-refractivity contribution >= 4 is 22.6 Å². The second-order valence-corrected chi connectivity index (χ2v) is 5.14. The van der Waals surface area contributed by atoms with Gasteiger partial charge in [0.25, 0.3) is 0 Å². The van der Waals surface area contributed by atoms with Crippen LogP contribution in [0.3, 0.4) is 0 Å². The van der Waals surface area contributed by atoms with E-state index in [-0.39, 0.29) is 6.04 Å². The summed E-state index contributed by atoms with van der Waals surface area (Å²) in [6, 6.07) is 11.6. The molecule has 2 unspecified atom stereocenters. The van der Waals surface area contributed by atoms with E-state index in [1.54, 1.807) is 11.3 Å². The molecule has 0 saturated carbocycles. The summed E-state index contributed by atoms with van der Waals surface area (Å²) in [5.74, 6) is 0. The van der Waals surface area contributed by atoms with Crippen LogP contribution in [0.15, 0.2) is 47.2 Å². The molecule has 0 fully saturated rings. The van der Waals surface area contributed by atoms with Crippen LogP contribution in [0.25, 0.3) is 0 Å². The lowest BCUT2D eigenvalue weighted by molar-refractivity contribution is 0.504. The van der Waals surface area contributed by atoms with Crippen LogP contribution in [0.1, 0.15) is 17.2 Å². The number of hydrogen-bond acceptors (Lipinski definition) is 3. The molecule has 0 aliphatic heterocycles. The predicted molar refractivity (Wildman–Crippen MR) is 69.3 cm³/mol. The molecule has 0 radical (unpaired) electrons. The van der Waals surface area contributed by atoms with Gasteiger partial charge in [-0.15, -0.1) is 0 Å². The molecule has 0 bridgehead atoms. The zero-order valence-electron chi connectivity index (χ0n) is 9.04. The molecule has 0 saturated heterocycles. The number of rotatable bonds is 5. The van der Waals surface area contributed by atoms with Gasteiger partial charge in [0.1, 0.15) is 0 Å². The first-order valence-corrected chi connectivity index (χ1v) is 7.19. The SMILES string of the molecule is O=S([O-])NC(Cc1ccccc1)c1ccsc1. The van der Waals surface area contributed by atoms with Crippen molar-refractivity contribution in [1.29, 1.82) is 0 Å². The van der Waals surface area contributed by atoms with Crippen molar-refractivity contribution < 1.29 is 8.76 Å². The van der Waals surface area contributed by atoms with Crippen molar-refractivity contribution in [3.63, 3.8) is 0 Å². The first-order chi connectivity index (χ1) is 8.25. The van der Waals surface area contributed by atoms with E-state index in [1.165, 1.54) is 0 Å². The average molecular weight is 266 g/mol. The topological polar surface area (TPSA) is 52.2 Å². The maximum atomic E-state index is 10.8. The third-order valence-corrected chi connectivity index (χ3v) is 3.65. The van der Waals surface area contributed by atoms with Crippen molar-refractivity contribution in [3.05, 3.63) is 58.3 Å². The lowest BCUT2D eigenvalue weighted by Crippen LogP contribution is -2.24. The highest BCUT2D eigenvalue weighted by Crippen LogP contribution is 2.21. The predicted octanol–water partition coefficient (Wildman–Crippen LogP) is 2.42. The molecule has 0 aliphatic rings. The Morgan fingerprint density at radius 1 is 1.29 bits per heavy atom. The zero-order valence-corrected chi connectivity index (χ0v) is 10.7. The van der Waals surface area contributed by atoms with E-state index in [9.17, 15) is 8.76 Å². The second-order valence-electron chi connectivity index (χ2n) is 3.65. The standard InChI is InChI=1S/C12H13NO2S2/c14-17(15)13-12(11-6-7-16-9-11)8-10-4-2-1-3-5-10/h1-7,9,12-13H,8H2,(H,14,15)/p-1. The summed E-state index contributed by atoms with van der Waals surface area (Å²) < 4.78 is 24.1. The Morgan fingerprint density at radius 2 is 2.06 bits per heavy atom. The molecule has 2 atom stereocenters.